The number of carbonyl (C=O) groups is 3. The molecule has 0 heterocycles. The fourth-order valence-corrected chi connectivity index (χ4v) is 2.24. The van der Waals surface area contributed by atoms with Crippen LogP contribution in [0.2, 0.25) is 0 Å². The quantitative estimate of drug-likeness (QED) is 0.325. The third-order valence-electron chi connectivity index (χ3n) is 4.86. The van der Waals surface area contributed by atoms with Gasteiger partial charge < -0.3 is 14.8 Å². The van der Waals surface area contributed by atoms with Crippen LogP contribution in [0.1, 0.15) is 55.4 Å². The number of hydrogen-bond donors (Lipinski definition) is 1. The Labute approximate surface area is 152 Å². The summed E-state index contributed by atoms with van der Waals surface area (Å²) in [7, 11) is 3.13. The summed E-state index contributed by atoms with van der Waals surface area (Å²) in [6.45, 7) is 13.7. The van der Waals surface area contributed by atoms with E-state index < -0.39 is 22.4 Å². The molecule has 0 bridgehead atoms. The summed E-state index contributed by atoms with van der Waals surface area (Å²) in [4.78, 5) is 36.7. The minimum Gasteiger partial charge on any atom is -0.468 e. The summed E-state index contributed by atoms with van der Waals surface area (Å²) in [6.07, 6.45) is 0.435. The van der Waals surface area contributed by atoms with Gasteiger partial charge in [-0.3, -0.25) is 14.4 Å². The predicted octanol–water partition coefficient (Wildman–Crippen LogP) is 1.58. The number of methoxy groups -OCH3 is 1. The normalized spacial score (nSPS) is 13.6. The Morgan fingerprint density at radius 1 is 0.880 bits per heavy atom. The summed E-state index contributed by atoms with van der Waals surface area (Å²) in [5, 5.41) is 2.64. The van der Waals surface area contributed by atoms with E-state index in [0.29, 0.717) is 6.44 Å². The molecular formula is C18H32BNO5. The summed E-state index contributed by atoms with van der Waals surface area (Å²) in [5.41, 5.74) is -1.64. The second-order valence-electron chi connectivity index (χ2n) is 7.75. The number of hydrogen-bond acceptors (Lipinski definition) is 5. The lowest BCUT2D eigenvalue weighted by Crippen LogP contribution is -2.46. The maximum Gasteiger partial charge on any atom is 0.321 e. The van der Waals surface area contributed by atoms with Crippen molar-refractivity contribution in [2.24, 2.45) is 10.8 Å². The van der Waals surface area contributed by atoms with Crippen LogP contribution in [0.5, 0.6) is 0 Å². The van der Waals surface area contributed by atoms with Crippen molar-refractivity contribution in [1.29, 1.82) is 0 Å². The maximum atomic E-state index is 12.6. The van der Waals surface area contributed by atoms with Gasteiger partial charge in [-0.15, -0.1) is 0 Å². The Morgan fingerprint density at radius 3 is 1.76 bits per heavy atom. The van der Waals surface area contributed by atoms with Crippen molar-refractivity contribution in [2.75, 3.05) is 13.6 Å². The molecule has 0 aliphatic carbocycles. The number of rotatable bonds is 7. The van der Waals surface area contributed by atoms with E-state index in [9.17, 15) is 14.4 Å². The standard InChI is InChI=1S/C18H32BNO5/c1-11(16(3,4)14(22)24-9)12(2)18(7,8)25-15(23)17(5,6)13(21)20-10-19/h10,19H2,1-9H3,(H,20,21)/b12-11-. The van der Waals surface area contributed by atoms with Crippen LogP contribution < -0.4 is 5.32 Å². The first kappa shape index (κ1) is 23.2. The van der Waals surface area contributed by atoms with Crippen LogP contribution in [-0.4, -0.2) is 44.8 Å². The Hall–Kier alpha value is -1.79. The van der Waals surface area contributed by atoms with Crippen molar-refractivity contribution < 1.29 is 23.9 Å². The van der Waals surface area contributed by atoms with Gasteiger partial charge in [-0.25, -0.2) is 0 Å². The van der Waals surface area contributed by atoms with Crippen molar-refractivity contribution in [2.45, 2.75) is 61.0 Å². The highest BCUT2D eigenvalue weighted by Crippen LogP contribution is 2.36. The summed E-state index contributed by atoms with van der Waals surface area (Å²) < 4.78 is 10.5. The summed E-state index contributed by atoms with van der Waals surface area (Å²) >= 11 is 0. The van der Waals surface area contributed by atoms with Gasteiger partial charge in [-0.05, 0) is 67.4 Å². The van der Waals surface area contributed by atoms with Crippen LogP contribution in [-0.2, 0) is 23.9 Å². The second-order valence-corrected chi connectivity index (χ2v) is 7.75. The molecule has 1 amide bonds. The Balaban J connectivity index is 5.64. The zero-order chi connectivity index (χ0) is 20.2. The van der Waals surface area contributed by atoms with E-state index in [0.717, 1.165) is 11.1 Å². The Kier molecular flexibility index (Phi) is 7.49. The Morgan fingerprint density at radius 2 is 1.36 bits per heavy atom. The largest absolute Gasteiger partial charge is 0.468 e. The molecule has 0 aromatic carbocycles. The molecule has 1 N–H and O–H groups in total. The topological polar surface area (TPSA) is 81.7 Å². The van der Waals surface area contributed by atoms with Gasteiger partial charge in [0, 0.05) is 0 Å². The molecule has 0 fully saturated rings. The molecule has 0 spiro atoms. The van der Waals surface area contributed by atoms with Crippen LogP contribution in [0.25, 0.3) is 0 Å². The molecule has 0 aromatic heterocycles. The molecule has 0 rings (SSSR count). The maximum absolute atomic E-state index is 12.6. The van der Waals surface area contributed by atoms with E-state index in [1.165, 1.54) is 21.0 Å². The smallest absolute Gasteiger partial charge is 0.321 e. The van der Waals surface area contributed by atoms with Gasteiger partial charge in [0.25, 0.3) is 0 Å². The third kappa shape index (κ3) is 5.09. The minimum absolute atomic E-state index is 0.367. The molecule has 142 valence electrons. The van der Waals surface area contributed by atoms with E-state index in [-0.39, 0.29) is 11.9 Å². The van der Waals surface area contributed by atoms with Gasteiger partial charge in [0.2, 0.25) is 5.91 Å². The molecule has 0 aliphatic heterocycles. The molecule has 25 heavy (non-hydrogen) atoms. The van der Waals surface area contributed by atoms with Crippen molar-refractivity contribution >= 4 is 25.7 Å². The highest BCUT2D eigenvalue weighted by molar-refractivity contribution is 6.11. The zero-order valence-corrected chi connectivity index (χ0v) is 17.2. The van der Waals surface area contributed by atoms with Gasteiger partial charge in [0.05, 0.1) is 12.5 Å². The SMILES string of the molecule is BCNC(=O)C(C)(C)C(=O)OC(C)(C)/C(C)=C(/C)C(C)(C)C(=O)OC. The van der Waals surface area contributed by atoms with E-state index in [1.807, 2.05) is 13.8 Å². The minimum atomic E-state index is -1.31. The molecule has 0 aliphatic rings. The molecule has 0 radical (unpaired) electrons. The molecular weight excluding hydrogens is 321 g/mol. The number of carbonyl (C=O) groups excluding carboxylic acids is 3. The molecule has 7 heteroatoms. The molecule has 6 nitrogen and oxygen atoms in total. The van der Waals surface area contributed by atoms with Crippen LogP contribution in [0.4, 0.5) is 0 Å². The lowest BCUT2D eigenvalue weighted by atomic mass is 9.79. The fraction of sp³-hybridized carbons (Fsp3) is 0.722. The monoisotopic (exact) mass is 353 g/mol. The summed E-state index contributed by atoms with van der Waals surface area (Å²) in [5.74, 6) is -1.37. The summed E-state index contributed by atoms with van der Waals surface area (Å²) in [6, 6.07) is 0. The molecule has 0 saturated heterocycles. The van der Waals surface area contributed by atoms with Gasteiger partial charge in [-0.1, -0.05) is 5.57 Å². The molecule has 0 unspecified atom stereocenters. The second kappa shape index (κ2) is 8.06. The first-order chi connectivity index (χ1) is 11.2. The lowest BCUT2D eigenvalue weighted by molar-refractivity contribution is -0.167. The first-order valence-corrected chi connectivity index (χ1v) is 8.44. The number of nitrogens with one attached hydrogen (secondary N) is 1. The number of amides is 1. The van der Waals surface area contributed by atoms with E-state index >= 15 is 0 Å². The third-order valence-corrected chi connectivity index (χ3v) is 4.86. The highest BCUT2D eigenvalue weighted by Gasteiger charge is 2.42. The van der Waals surface area contributed by atoms with Crippen LogP contribution in [0.15, 0.2) is 11.1 Å². The van der Waals surface area contributed by atoms with Gasteiger partial charge in [-0.2, -0.15) is 0 Å². The van der Waals surface area contributed by atoms with Crippen molar-refractivity contribution in [1.82, 2.24) is 5.32 Å². The molecule has 0 aromatic rings. The predicted molar refractivity (Wildman–Crippen MR) is 99.7 cm³/mol. The van der Waals surface area contributed by atoms with Crippen molar-refractivity contribution in [3.63, 3.8) is 0 Å². The zero-order valence-electron chi connectivity index (χ0n) is 17.2. The van der Waals surface area contributed by atoms with Gasteiger partial charge >= 0.3 is 11.9 Å². The van der Waals surface area contributed by atoms with E-state index in [1.54, 1.807) is 35.5 Å². The fourth-order valence-electron chi connectivity index (χ4n) is 2.24. The van der Waals surface area contributed by atoms with Crippen molar-refractivity contribution in [3.8, 4) is 0 Å². The van der Waals surface area contributed by atoms with E-state index in [4.69, 9.17) is 9.47 Å². The highest BCUT2D eigenvalue weighted by atomic mass is 16.6. The van der Waals surface area contributed by atoms with Gasteiger partial charge in [0.15, 0.2) is 0 Å². The van der Waals surface area contributed by atoms with Crippen LogP contribution in [0.3, 0.4) is 0 Å². The first-order valence-electron chi connectivity index (χ1n) is 8.44. The van der Waals surface area contributed by atoms with E-state index in [2.05, 4.69) is 5.32 Å². The average Bonchev–Trinajstić information content (AvgIpc) is 2.51. The molecule has 0 atom stereocenters. The lowest BCUT2D eigenvalue weighted by Gasteiger charge is -2.34. The molecule has 0 saturated carbocycles. The number of ether oxygens (including phenoxy) is 2. The Bertz CT molecular complexity index is 576. The van der Waals surface area contributed by atoms with Gasteiger partial charge in [0.1, 0.15) is 18.9 Å². The van der Waals surface area contributed by atoms with Crippen molar-refractivity contribution in [3.05, 3.63) is 11.1 Å². The van der Waals surface area contributed by atoms with Crippen LogP contribution in [0, 0.1) is 10.8 Å². The van der Waals surface area contributed by atoms with Crippen LogP contribution >= 0.6 is 0 Å². The number of esters is 2. The average molecular weight is 353 g/mol.